The molecule has 1 amide bonds. The van der Waals surface area contributed by atoms with Gasteiger partial charge in [0.05, 0.1) is 6.54 Å². The molecule has 0 unspecified atom stereocenters. The van der Waals surface area contributed by atoms with E-state index in [9.17, 15) is 4.79 Å². The Morgan fingerprint density at radius 3 is 1.57 bits per heavy atom. The number of likely N-dealkylation sites (N-methyl/N-ethyl adjacent to an activating group) is 1. The van der Waals surface area contributed by atoms with Crippen molar-refractivity contribution in [2.24, 2.45) is 0 Å². The van der Waals surface area contributed by atoms with Crippen molar-refractivity contribution in [3.8, 4) is 0 Å². The number of rotatable bonds is 17. The fourth-order valence-corrected chi connectivity index (χ4v) is 2.90. The molecular weight excluding hydrogens is 284 g/mol. The minimum Gasteiger partial charge on any atom is -0.355 e. The van der Waals surface area contributed by atoms with Crippen LogP contribution in [0.5, 0.6) is 0 Å². The van der Waals surface area contributed by atoms with Crippen LogP contribution >= 0.6 is 0 Å². The molecule has 0 rings (SSSR count). The minimum atomic E-state index is 0.178. The van der Waals surface area contributed by atoms with E-state index in [1.165, 1.54) is 70.6 Å². The van der Waals surface area contributed by atoms with Crippen LogP contribution in [0.25, 0.3) is 0 Å². The van der Waals surface area contributed by atoms with Crippen molar-refractivity contribution in [1.82, 2.24) is 10.2 Å². The lowest BCUT2D eigenvalue weighted by Crippen LogP contribution is -2.37. The second-order valence-corrected chi connectivity index (χ2v) is 6.70. The summed E-state index contributed by atoms with van der Waals surface area (Å²) in [7, 11) is 0. The third-order valence-electron chi connectivity index (χ3n) is 4.61. The standard InChI is InChI=1S/C20H42N2O/c1-4-7-8-9-10-11-12-13-14-15-16-17-18-21-20(23)19-22(5-2)6-3/h4-19H2,1-3H3,(H,21,23). The molecule has 1 N–H and O–H groups in total. The fraction of sp³-hybridized carbons (Fsp3) is 0.950. The van der Waals surface area contributed by atoms with E-state index in [1.54, 1.807) is 0 Å². The minimum absolute atomic E-state index is 0.178. The predicted octanol–water partition coefficient (Wildman–Crippen LogP) is 5.15. The van der Waals surface area contributed by atoms with Crippen molar-refractivity contribution in [3.05, 3.63) is 0 Å². The topological polar surface area (TPSA) is 32.3 Å². The Hall–Kier alpha value is -0.570. The maximum absolute atomic E-state index is 11.7. The van der Waals surface area contributed by atoms with Gasteiger partial charge in [0.15, 0.2) is 0 Å². The summed E-state index contributed by atoms with van der Waals surface area (Å²) in [6, 6.07) is 0. The predicted molar refractivity (Wildman–Crippen MR) is 102 cm³/mol. The molecule has 0 spiro atoms. The number of nitrogens with one attached hydrogen (secondary N) is 1. The zero-order valence-corrected chi connectivity index (χ0v) is 16.2. The van der Waals surface area contributed by atoms with Crippen molar-refractivity contribution in [1.29, 1.82) is 0 Å². The smallest absolute Gasteiger partial charge is 0.234 e. The summed E-state index contributed by atoms with van der Waals surface area (Å²) in [5.74, 6) is 0.178. The Labute approximate surface area is 145 Å². The maximum Gasteiger partial charge on any atom is 0.234 e. The molecule has 23 heavy (non-hydrogen) atoms. The third-order valence-corrected chi connectivity index (χ3v) is 4.61. The van der Waals surface area contributed by atoms with Gasteiger partial charge in [-0.15, -0.1) is 0 Å². The van der Waals surface area contributed by atoms with Gasteiger partial charge in [-0.05, 0) is 19.5 Å². The van der Waals surface area contributed by atoms with Gasteiger partial charge in [0.25, 0.3) is 0 Å². The average molecular weight is 327 g/mol. The molecule has 0 radical (unpaired) electrons. The number of nitrogens with zero attached hydrogens (tertiary/aromatic N) is 1. The van der Waals surface area contributed by atoms with E-state index in [1.807, 2.05) is 0 Å². The monoisotopic (exact) mass is 326 g/mol. The van der Waals surface area contributed by atoms with Gasteiger partial charge >= 0.3 is 0 Å². The summed E-state index contributed by atoms with van der Waals surface area (Å²) in [5, 5.41) is 3.04. The highest BCUT2D eigenvalue weighted by atomic mass is 16.2. The molecule has 0 bridgehead atoms. The lowest BCUT2D eigenvalue weighted by molar-refractivity contribution is -0.122. The van der Waals surface area contributed by atoms with Gasteiger partial charge in [-0.2, -0.15) is 0 Å². The number of unbranched alkanes of at least 4 members (excludes halogenated alkanes) is 11. The van der Waals surface area contributed by atoms with E-state index in [2.05, 4.69) is 31.0 Å². The van der Waals surface area contributed by atoms with Crippen molar-refractivity contribution in [2.75, 3.05) is 26.2 Å². The van der Waals surface area contributed by atoms with Gasteiger partial charge in [-0.3, -0.25) is 9.69 Å². The quantitative estimate of drug-likeness (QED) is 0.375. The number of amides is 1. The molecule has 0 aromatic heterocycles. The zero-order valence-electron chi connectivity index (χ0n) is 16.2. The van der Waals surface area contributed by atoms with Crippen LogP contribution < -0.4 is 5.32 Å². The third kappa shape index (κ3) is 16.1. The van der Waals surface area contributed by atoms with Crippen LogP contribution in [-0.4, -0.2) is 37.0 Å². The fourth-order valence-electron chi connectivity index (χ4n) is 2.90. The van der Waals surface area contributed by atoms with Crippen LogP contribution in [0.4, 0.5) is 0 Å². The van der Waals surface area contributed by atoms with E-state index in [-0.39, 0.29) is 5.91 Å². The van der Waals surface area contributed by atoms with Gasteiger partial charge < -0.3 is 5.32 Å². The number of carbonyl (C=O) groups excluding carboxylic acids is 1. The zero-order chi connectivity index (χ0) is 17.2. The highest BCUT2D eigenvalue weighted by Crippen LogP contribution is 2.11. The number of hydrogen-bond donors (Lipinski definition) is 1. The van der Waals surface area contributed by atoms with Crippen LogP contribution in [0.3, 0.4) is 0 Å². The first kappa shape index (κ1) is 22.4. The van der Waals surface area contributed by atoms with Gasteiger partial charge in [0, 0.05) is 6.54 Å². The largest absolute Gasteiger partial charge is 0.355 e. The Kier molecular flexibility index (Phi) is 17.3. The Morgan fingerprint density at radius 1 is 0.696 bits per heavy atom. The highest BCUT2D eigenvalue weighted by Gasteiger charge is 2.05. The lowest BCUT2D eigenvalue weighted by Gasteiger charge is -2.17. The van der Waals surface area contributed by atoms with Crippen LogP contribution in [0, 0.1) is 0 Å². The van der Waals surface area contributed by atoms with Crippen molar-refractivity contribution in [3.63, 3.8) is 0 Å². The summed E-state index contributed by atoms with van der Waals surface area (Å²) in [6.45, 7) is 9.76. The Balaban J connectivity index is 3.20. The molecule has 0 saturated carbocycles. The van der Waals surface area contributed by atoms with Gasteiger partial charge in [0.1, 0.15) is 0 Å². The van der Waals surface area contributed by atoms with Crippen molar-refractivity contribution < 1.29 is 4.79 Å². The second kappa shape index (κ2) is 17.8. The SMILES string of the molecule is CCCCCCCCCCCCCCNC(=O)CN(CC)CC. The first-order valence-electron chi connectivity index (χ1n) is 10.2. The second-order valence-electron chi connectivity index (χ2n) is 6.70. The first-order chi connectivity index (χ1) is 11.2. The van der Waals surface area contributed by atoms with Gasteiger partial charge in [-0.25, -0.2) is 0 Å². The Bertz CT molecular complexity index is 252. The number of hydrogen-bond acceptors (Lipinski definition) is 2. The van der Waals surface area contributed by atoms with Gasteiger partial charge in [0.2, 0.25) is 5.91 Å². The molecule has 0 aliphatic carbocycles. The summed E-state index contributed by atoms with van der Waals surface area (Å²) in [4.78, 5) is 13.9. The van der Waals surface area contributed by atoms with E-state index < -0.39 is 0 Å². The molecule has 0 aliphatic heterocycles. The van der Waals surface area contributed by atoms with E-state index in [0.29, 0.717) is 6.54 Å². The highest BCUT2D eigenvalue weighted by molar-refractivity contribution is 5.77. The van der Waals surface area contributed by atoms with Crippen molar-refractivity contribution in [2.45, 2.75) is 97.8 Å². The summed E-state index contributed by atoms with van der Waals surface area (Å²) < 4.78 is 0. The Morgan fingerprint density at radius 2 is 1.13 bits per heavy atom. The van der Waals surface area contributed by atoms with E-state index in [4.69, 9.17) is 0 Å². The molecule has 0 saturated heterocycles. The molecule has 3 heteroatoms. The van der Waals surface area contributed by atoms with Crippen LogP contribution in [-0.2, 0) is 4.79 Å². The molecule has 0 fully saturated rings. The molecule has 0 aromatic rings. The summed E-state index contributed by atoms with van der Waals surface area (Å²) in [6.07, 6.45) is 16.3. The molecular formula is C20H42N2O. The average Bonchev–Trinajstić information content (AvgIpc) is 2.56. The molecule has 0 atom stereocenters. The molecule has 0 heterocycles. The van der Waals surface area contributed by atoms with Crippen LogP contribution in [0.1, 0.15) is 97.8 Å². The van der Waals surface area contributed by atoms with Gasteiger partial charge in [-0.1, -0.05) is 91.4 Å². The maximum atomic E-state index is 11.7. The molecule has 138 valence electrons. The first-order valence-corrected chi connectivity index (χ1v) is 10.2. The van der Waals surface area contributed by atoms with Crippen molar-refractivity contribution >= 4 is 5.91 Å². The van der Waals surface area contributed by atoms with E-state index in [0.717, 1.165) is 26.1 Å². The molecule has 0 aromatic carbocycles. The lowest BCUT2D eigenvalue weighted by atomic mass is 10.1. The van der Waals surface area contributed by atoms with Crippen LogP contribution in [0.2, 0.25) is 0 Å². The van der Waals surface area contributed by atoms with Crippen LogP contribution in [0.15, 0.2) is 0 Å². The molecule has 0 aliphatic rings. The molecule has 3 nitrogen and oxygen atoms in total. The number of carbonyl (C=O) groups is 1. The van der Waals surface area contributed by atoms with E-state index >= 15 is 0 Å². The normalized spacial score (nSPS) is 11.1. The summed E-state index contributed by atoms with van der Waals surface area (Å²) >= 11 is 0. The summed E-state index contributed by atoms with van der Waals surface area (Å²) in [5.41, 5.74) is 0.